The SMILES string of the molecule is CCCCCc1ccc(OCC(=O)Nc2ccc(C(=O)N(C)C)cc2)cc1. The molecular formula is C22H28N2O3. The molecule has 2 amide bonds. The summed E-state index contributed by atoms with van der Waals surface area (Å²) in [4.78, 5) is 25.4. The number of hydrogen-bond acceptors (Lipinski definition) is 3. The van der Waals surface area contributed by atoms with Crippen LogP contribution in [0.15, 0.2) is 48.5 Å². The molecule has 0 bridgehead atoms. The number of amides is 2. The summed E-state index contributed by atoms with van der Waals surface area (Å²) in [5.41, 5.74) is 2.49. The monoisotopic (exact) mass is 368 g/mol. The fraction of sp³-hybridized carbons (Fsp3) is 0.364. The van der Waals surface area contributed by atoms with Crippen LogP contribution in [0, 0.1) is 0 Å². The standard InChI is InChI=1S/C22H28N2O3/c1-4-5-6-7-17-8-14-20(15-9-17)27-16-21(25)23-19-12-10-18(11-13-19)22(26)24(2)3/h8-15H,4-7,16H2,1-3H3,(H,23,25). The third-order valence-electron chi connectivity index (χ3n) is 4.18. The Kier molecular flexibility index (Phi) is 7.86. The molecule has 2 aromatic rings. The van der Waals surface area contributed by atoms with Gasteiger partial charge in [-0.3, -0.25) is 9.59 Å². The van der Waals surface area contributed by atoms with Gasteiger partial charge in [0.1, 0.15) is 5.75 Å². The van der Waals surface area contributed by atoms with Crippen LogP contribution in [0.3, 0.4) is 0 Å². The normalized spacial score (nSPS) is 10.3. The van der Waals surface area contributed by atoms with Crippen LogP contribution in [0.1, 0.15) is 42.1 Å². The van der Waals surface area contributed by atoms with Gasteiger partial charge in [0.15, 0.2) is 6.61 Å². The van der Waals surface area contributed by atoms with Gasteiger partial charge in [0.2, 0.25) is 0 Å². The van der Waals surface area contributed by atoms with Gasteiger partial charge in [-0.25, -0.2) is 0 Å². The molecule has 0 spiro atoms. The largest absolute Gasteiger partial charge is 0.484 e. The van der Waals surface area contributed by atoms with Crippen molar-refractivity contribution in [1.82, 2.24) is 4.90 Å². The molecule has 5 heteroatoms. The van der Waals surface area contributed by atoms with E-state index >= 15 is 0 Å². The molecule has 2 aromatic carbocycles. The number of aryl methyl sites for hydroxylation is 1. The van der Waals surface area contributed by atoms with E-state index in [4.69, 9.17) is 4.74 Å². The van der Waals surface area contributed by atoms with Crippen LogP contribution in [0.2, 0.25) is 0 Å². The fourth-order valence-corrected chi connectivity index (χ4v) is 2.63. The Balaban J connectivity index is 1.79. The van der Waals surface area contributed by atoms with Crippen molar-refractivity contribution in [3.8, 4) is 5.75 Å². The second-order valence-electron chi connectivity index (χ2n) is 6.71. The Morgan fingerprint density at radius 1 is 0.963 bits per heavy atom. The molecule has 2 rings (SSSR count). The van der Waals surface area contributed by atoms with Gasteiger partial charge in [0.05, 0.1) is 0 Å². The quantitative estimate of drug-likeness (QED) is 0.677. The molecule has 0 saturated heterocycles. The first-order valence-electron chi connectivity index (χ1n) is 9.33. The second-order valence-corrected chi connectivity index (χ2v) is 6.71. The maximum absolute atomic E-state index is 12.0. The minimum atomic E-state index is -0.242. The van der Waals surface area contributed by atoms with Gasteiger partial charge in [-0.05, 0) is 54.8 Å². The summed E-state index contributed by atoms with van der Waals surface area (Å²) in [6.07, 6.45) is 4.71. The van der Waals surface area contributed by atoms with Crippen LogP contribution >= 0.6 is 0 Å². The van der Waals surface area contributed by atoms with E-state index in [1.807, 2.05) is 24.3 Å². The first kappa shape index (κ1) is 20.5. The number of carbonyl (C=O) groups is 2. The van der Waals surface area contributed by atoms with Gasteiger partial charge in [0, 0.05) is 25.3 Å². The van der Waals surface area contributed by atoms with Crippen molar-refractivity contribution in [2.24, 2.45) is 0 Å². The summed E-state index contributed by atoms with van der Waals surface area (Å²) in [6, 6.07) is 14.7. The van der Waals surface area contributed by atoms with Gasteiger partial charge in [-0.1, -0.05) is 31.9 Å². The lowest BCUT2D eigenvalue weighted by Crippen LogP contribution is -2.22. The molecule has 0 aromatic heterocycles. The molecular weight excluding hydrogens is 340 g/mol. The van der Waals surface area contributed by atoms with Crippen molar-refractivity contribution >= 4 is 17.5 Å². The van der Waals surface area contributed by atoms with E-state index in [9.17, 15) is 9.59 Å². The van der Waals surface area contributed by atoms with Crippen LogP contribution < -0.4 is 10.1 Å². The van der Waals surface area contributed by atoms with E-state index < -0.39 is 0 Å². The molecule has 0 saturated carbocycles. The molecule has 0 atom stereocenters. The first-order chi connectivity index (χ1) is 13.0. The average molecular weight is 368 g/mol. The predicted octanol–water partition coefficient (Wildman–Crippen LogP) is 4.14. The van der Waals surface area contributed by atoms with Gasteiger partial charge >= 0.3 is 0 Å². The lowest BCUT2D eigenvalue weighted by molar-refractivity contribution is -0.118. The first-order valence-corrected chi connectivity index (χ1v) is 9.33. The van der Waals surface area contributed by atoms with Crippen LogP contribution in [0.4, 0.5) is 5.69 Å². The summed E-state index contributed by atoms with van der Waals surface area (Å²) >= 11 is 0. The number of nitrogens with zero attached hydrogens (tertiary/aromatic N) is 1. The predicted molar refractivity (Wildman–Crippen MR) is 108 cm³/mol. The lowest BCUT2D eigenvalue weighted by atomic mass is 10.1. The van der Waals surface area contributed by atoms with Crippen molar-refractivity contribution in [2.45, 2.75) is 32.6 Å². The van der Waals surface area contributed by atoms with Gasteiger partial charge in [0.25, 0.3) is 11.8 Å². The molecule has 0 heterocycles. The number of hydrogen-bond donors (Lipinski definition) is 1. The molecule has 0 aliphatic heterocycles. The van der Waals surface area contributed by atoms with Crippen molar-refractivity contribution in [3.05, 3.63) is 59.7 Å². The zero-order chi connectivity index (χ0) is 19.6. The third-order valence-corrected chi connectivity index (χ3v) is 4.18. The zero-order valence-electron chi connectivity index (χ0n) is 16.3. The highest BCUT2D eigenvalue weighted by atomic mass is 16.5. The Hall–Kier alpha value is -2.82. The number of benzene rings is 2. The Bertz CT molecular complexity index is 737. The highest BCUT2D eigenvalue weighted by molar-refractivity contribution is 5.95. The van der Waals surface area contributed by atoms with Gasteiger partial charge in [-0.2, -0.15) is 0 Å². The number of unbranched alkanes of at least 4 members (excludes halogenated alkanes) is 2. The van der Waals surface area contributed by atoms with Crippen LogP contribution in [-0.4, -0.2) is 37.4 Å². The van der Waals surface area contributed by atoms with Crippen molar-refractivity contribution in [3.63, 3.8) is 0 Å². The molecule has 1 N–H and O–H groups in total. The third kappa shape index (κ3) is 6.77. The molecule has 0 unspecified atom stereocenters. The van der Waals surface area contributed by atoms with Crippen molar-refractivity contribution in [1.29, 1.82) is 0 Å². The molecule has 144 valence electrons. The average Bonchev–Trinajstić information content (AvgIpc) is 2.67. The lowest BCUT2D eigenvalue weighted by Gasteiger charge is -2.11. The van der Waals surface area contributed by atoms with E-state index in [0.29, 0.717) is 17.0 Å². The topological polar surface area (TPSA) is 58.6 Å². The zero-order valence-corrected chi connectivity index (χ0v) is 16.3. The number of ether oxygens (including phenoxy) is 1. The van der Waals surface area contributed by atoms with Crippen LogP contribution in [-0.2, 0) is 11.2 Å². The highest BCUT2D eigenvalue weighted by Crippen LogP contribution is 2.15. The molecule has 5 nitrogen and oxygen atoms in total. The smallest absolute Gasteiger partial charge is 0.262 e. The second kappa shape index (κ2) is 10.4. The number of rotatable bonds is 9. The molecule has 0 aliphatic rings. The van der Waals surface area contributed by atoms with E-state index in [-0.39, 0.29) is 18.4 Å². The number of anilines is 1. The molecule has 0 fully saturated rings. The maximum Gasteiger partial charge on any atom is 0.262 e. The van der Waals surface area contributed by atoms with E-state index in [2.05, 4.69) is 12.2 Å². The molecule has 0 radical (unpaired) electrons. The summed E-state index contributed by atoms with van der Waals surface area (Å²) in [7, 11) is 3.40. The van der Waals surface area contributed by atoms with Gasteiger partial charge < -0.3 is 15.0 Å². The maximum atomic E-state index is 12.0. The fourth-order valence-electron chi connectivity index (χ4n) is 2.63. The van der Waals surface area contributed by atoms with Crippen LogP contribution in [0.25, 0.3) is 0 Å². The summed E-state index contributed by atoms with van der Waals surface area (Å²) in [6.45, 7) is 2.13. The number of nitrogens with one attached hydrogen (secondary N) is 1. The highest BCUT2D eigenvalue weighted by Gasteiger charge is 2.08. The minimum absolute atomic E-state index is 0.0619. The summed E-state index contributed by atoms with van der Waals surface area (Å²) in [5, 5.41) is 2.76. The van der Waals surface area contributed by atoms with Gasteiger partial charge in [-0.15, -0.1) is 0 Å². The minimum Gasteiger partial charge on any atom is -0.484 e. The van der Waals surface area contributed by atoms with E-state index in [1.54, 1.807) is 38.4 Å². The van der Waals surface area contributed by atoms with E-state index in [0.717, 1.165) is 6.42 Å². The Labute approximate surface area is 161 Å². The van der Waals surface area contributed by atoms with E-state index in [1.165, 1.54) is 29.7 Å². The number of carbonyl (C=O) groups excluding carboxylic acids is 2. The molecule has 27 heavy (non-hydrogen) atoms. The molecule has 0 aliphatic carbocycles. The Morgan fingerprint density at radius 3 is 2.22 bits per heavy atom. The van der Waals surface area contributed by atoms with Crippen molar-refractivity contribution in [2.75, 3.05) is 26.0 Å². The van der Waals surface area contributed by atoms with Crippen molar-refractivity contribution < 1.29 is 14.3 Å². The Morgan fingerprint density at radius 2 is 1.63 bits per heavy atom. The summed E-state index contributed by atoms with van der Waals surface area (Å²) < 4.78 is 5.54. The van der Waals surface area contributed by atoms with Crippen LogP contribution in [0.5, 0.6) is 5.75 Å². The summed E-state index contributed by atoms with van der Waals surface area (Å²) in [5.74, 6) is 0.361.